The number of rotatable bonds is 8. The van der Waals surface area contributed by atoms with Gasteiger partial charge in [-0.2, -0.15) is 0 Å². The second-order valence-corrected chi connectivity index (χ2v) is 7.78. The van der Waals surface area contributed by atoms with Gasteiger partial charge in [-0.3, -0.25) is 9.36 Å². The van der Waals surface area contributed by atoms with E-state index in [1.807, 2.05) is 36.5 Å². The summed E-state index contributed by atoms with van der Waals surface area (Å²) in [5.74, 6) is -0.737. The minimum atomic E-state index is -1.37. The number of aliphatic carboxylic acids is 1. The molecule has 1 aromatic carbocycles. The van der Waals surface area contributed by atoms with E-state index >= 15 is 0 Å². The van der Waals surface area contributed by atoms with Crippen LogP contribution < -0.4 is 10.6 Å². The number of aliphatic hydroxyl groups excluding tert-OH is 2. The summed E-state index contributed by atoms with van der Waals surface area (Å²) in [6.45, 7) is 1.52. The number of fused-ring (bicyclic) bond motifs is 1. The maximum Gasteiger partial charge on any atom is 0.407 e. The van der Waals surface area contributed by atoms with E-state index in [1.54, 1.807) is 0 Å². The van der Waals surface area contributed by atoms with E-state index in [4.69, 9.17) is 14.6 Å². The van der Waals surface area contributed by atoms with Crippen LogP contribution in [0.15, 0.2) is 36.9 Å². The Morgan fingerprint density at radius 3 is 2.65 bits per heavy atom. The molecule has 2 aromatic heterocycles. The highest BCUT2D eigenvalue weighted by Crippen LogP contribution is 2.32. The quantitative estimate of drug-likeness (QED) is 0.302. The molecule has 5 N–H and O–H groups in total. The molecule has 13 nitrogen and oxygen atoms in total. The number of imidazole rings is 1. The van der Waals surface area contributed by atoms with Crippen molar-refractivity contribution in [1.29, 1.82) is 0 Å². The Morgan fingerprint density at radius 2 is 1.91 bits per heavy atom. The molecule has 1 aliphatic heterocycles. The summed E-state index contributed by atoms with van der Waals surface area (Å²) < 4.78 is 12.1. The Bertz CT molecular complexity index is 1170. The van der Waals surface area contributed by atoms with Crippen molar-refractivity contribution in [2.75, 3.05) is 18.5 Å². The van der Waals surface area contributed by atoms with Gasteiger partial charge in [0.15, 0.2) is 23.2 Å². The van der Waals surface area contributed by atoms with Gasteiger partial charge in [-0.05, 0) is 12.5 Å². The number of hydrogen-bond donors (Lipinski definition) is 5. The molecular weight excluding hydrogens is 448 g/mol. The van der Waals surface area contributed by atoms with Gasteiger partial charge in [-0.25, -0.2) is 19.7 Å². The maximum atomic E-state index is 11.6. The first kappa shape index (κ1) is 23.4. The molecule has 0 saturated carbocycles. The van der Waals surface area contributed by atoms with Crippen LogP contribution in [-0.4, -0.2) is 78.4 Å². The number of nitrogens with one attached hydrogen (secondary N) is 2. The standard InChI is InChI=1S/C21H24N6O7/c1-11-2-4-12(5-3-11)6-22-18-15-19(25-9-24-18)27(10-26-15)20-17(31)16(30)13(34-20)8-33-21(32)23-7-14(28)29/h2-5,9-10,13,16-17,20,30-31H,6-8H2,1H3,(H,23,32)(H,28,29)(H,22,24,25)/t13-,16?,17+,20-/m1/s1. The van der Waals surface area contributed by atoms with Crippen LogP contribution in [0.2, 0.25) is 0 Å². The predicted molar refractivity (Wildman–Crippen MR) is 117 cm³/mol. The SMILES string of the molecule is Cc1ccc(CNc2ncnc3c2ncn3[C@@H]2O[C@H](COC(=O)NCC(=O)O)C(O)[C@@H]2O)cc1. The molecule has 3 aromatic rings. The molecule has 0 radical (unpaired) electrons. The highest BCUT2D eigenvalue weighted by molar-refractivity contribution is 5.82. The summed E-state index contributed by atoms with van der Waals surface area (Å²) in [6, 6.07) is 8.05. The number of carboxylic acids is 1. The molecule has 4 atom stereocenters. The lowest BCUT2D eigenvalue weighted by atomic mass is 10.1. The zero-order valence-corrected chi connectivity index (χ0v) is 18.2. The predicted octanol–water partition coefficient (Wildman–Crippen LogP) is 0.177. The van der Waals surface area contributed by atoms with Gasteiger partial charge in [-0.1, -0.05) is 29.8 Å². The van der Waals surface area contributed by atoms with E-state index < -0.39 is 49.8 Å². The van der Waals surface area contributed by atoms with Gasteiger partial charge in [-0.15, -0.1) is 0 Å². The lowest BCUT2D eigenvalue weighted by molar-refractivity contribution is -0.135. The average molecular weight is 472 g/mol. The fourth-order valence-corrected chi connectivity index (χ4v) is 3.51. The molecule has 3 heterocycles. The Labute approximate surface area is 193 Å². The van der Waals surface area contributed by atoms with Crippen molar-refractivity contribution in [2.45, 2.75) is 38.0 Å². The molecule has 13 heteroatoms. The number of aryl methyl sites for hydroxylation is 1. The number of ether oxygens (including phenoxy) is 2. The molecule has 180 valence electrons. The number of nitrogens with zero attached hydrogens (tertiary/aromatic N) is 4. The summed E-state index contributed by atoms with van der Waals surface area (Å²) in [7, 11) is 0. The zero-order chi connectivity index (χ0) is 24.2. The van der Waals surface area contributed by atoms with Crippen LogP contribution in [0.25, 0.3) is 11.2 Å². The molecule has 0 aliphatic carbocycles. The second-order valence-electron chi connectivity index (χ2n) is 7.78. The van der Waals surface area contributed by atoms with Gasteiger partial charge in [0, 0.05) is 6.54 Å². The number of alkyl carbamates (subject to hydrolysis) is 1. The van der Waals surface area contributed by atoms with E-state index in [0.29, 0.717) is 23.5 Å². The van der Waals surface area contributed by atoms with Gasteiger partial charge < -0.3 is 35.4 Å². The molecule has 1 amide bonds. The first-order valence-electron chi connectivity index (χ1n) is 10.4. The van der Waals surface area contributed by atoms with Crippen LogP contribution in [-0.2, 0) is 20.8 Å². The van der Waals surface area contributed by atoms with Gasteiger partial charge >= 0.3 is 12.1 Å². The number of carboxylic acid groups (broad SMARTS) is 1. The van der Waals surface area contributed by atoms with E-state index in [1.165, 1.54) is 17.2 Å². The van der Waals surface area contributed by atoms with E-state index in [9.17, 15) is 19.8 Å². The molecule has 0 spiro atoms. The van der Waals surface area contributed by atoms with Crippen molar-refractivity contribution in [3.8, 4) is 0 Å². The summed E-state index contributed by atoms with van der Waals surface area (Å²) in [6.07, 6.45) is -3.03. The zero-order valence-electron chi connectivity index (χ0n) is 18.2. The van der Waals surface area contributed by atoms with Crippen LogP contribution in [0.4, 0.5) is 10.6 Å². The third-order valence-corrected chi connectivity index (χ3v) is 5.31. The molecular formula is C21H24N6O7. The van der Waals surface area contributed by atoms with Crippen molar-refractivity contribution >= 4 is 29.0 Å². The summed E-state index contributed by atoms with van der Waals surface area (Å²) in [5, 5.41) is 34.7. The Balaban J connectivity index is 1.44. The minimum absolute atomic E-state index is 0.374. The molecule has 1 fully saturated rings. The Kier molecular flexibility index (Phi) is 6.86. The number of amides is 1. The fourth-order valence-electron chi connectivity index (χ4n) is 3.51. The van der Waals surface area contributed by atoms with Crippen LogP contribution in [0.5, 0.6) is 0 Å². The maximum absolute atomic E-state index is 11.6. The number of hydrogen-bond acceptors (Lipinski definition) is 10. The fraction of sp³-hybridized carbons (Fsp3) is 0.381. The monoisotopic (exact) mass is 472 g/mol. The Hall–Kier alpha value is -3.81. The summed E-state index contributed by atoms with van der Waals surface area (Å²) in [4.78, 5) is 34.9. The van der Waals surface area contributed by atoms with E-state index in [-0.39, 0.29) is 0 Å². The summed E-state index contributed by atoms with van der Waals surface area (Å²) in [5.41, 5.74) is 3.05. The smallest absolute Gasteiger partial charge is 0.407 e. The largest absolute Gasteiger partial charge is 0.480 e. The normalized spacial score (nSPS) is 22.0. The van der Waals surface area contributed by atoms with Crippen molar-refractivity contribution in [3.05, 3.63) is 48.0 Å². The van der Waals surface area contributed by atoms with Gasteiger partial charge in [0.05, 0.1) is 6.33 Å². The number of aromatic nitrogens is 4. The molecule has 0 bridgehead atoms. The van der Waals surface area contributed by atoms with Crippen molar-refractivity contribution < 1.29 is 34.4 Å². The van der Waals surface area contributed by atoms with Crippen molar-refractivity contribution in [2.24, 2.45) is 0 Å². The van der Waals surface area contributed by atoms with Gasteiger partial charge in [0.2, 0.25) is 0 Å². The van der Waals surface area contributed by atoms with E-state index in [2.05, 4.69) is 20.3 Å². The summed E-state index contributed by atoms with van der Waals surface area (Å²) >= 11 is 0. The van der Waals surface area contributed by atoms with Gasteiger partial charge in [0.25, 0.3) is 0 Å². The third-order valence-electron chi connectivity index (χ3n) is 5.31. The number of aliphatic hydroxyl groups is 2. The highest BCUT2D eigenvalue weighted by Gasteiger charge is 2.45. The minimum Gasteiger partial charge on any atom is -0.480 e. The average Bonchev–Trinajstić information content (AvgIpc) is 3.37. The second kappa shape index (κ2) is 9.99. The number of carbonyl (C=O) groups is 2. The van der Waals surface area contributed by atoms with Crippen LogP contribution >= 0.6 is 0 Å². The van der Waals surface area contributed by atoms with E-state index in [0.717, 1.165) is 11.1 Å². The Morgan fingerprint density at radius 1 is 1.15 bits per heavy atom. The molecule has 1 aliphatic rings. The van der Waals surface area contributed by atoms with Crippen LogP contribution in [0.1, 0.15) is 17.4 Å². The highest BCUT2D eigenvalue weighted by atomic mass is 16.6. The van der Waals surface area contributed by atoms with Gasteiger partial charge in [0.1, 0.15) is 37.8 Å². The van der Waals surface area contributed by atoms with Crippen molar-refractivity contribution in [3.63, 3.8) is 0 Å². The number of benzene rings is 1. The molecule has 1 unspecified atom stereocenters. The topological polar surface area (TPSA) is 181 Å². The molecule has 34 heavy (non-hydrogen) atoms. The lowest BCUT2D eigenvalue weighted by Gasteiger charge is -2.16. The molecule has 1 saturated heterocycles. The third kappa shape index (κ3) is 5.06. The van der Waals surface area contributed by atoms with Crippen LogP contribution in [0.3, 0.4) is 0 Å². The first-order valence-corrected chi connectivity index (χ1v) is 10.4. The van der Waals surface area contributed by atoms with Crippen LogP contribution in [0, 0.1) is 6.92 Å². The first-order chi connectivity index (χ1) is 16.3. The lowest BCUT2D eigenvalue weighted by Crippen LogP contribution is -2.36. The molecule has 4 rings (SSSR count). The number of carbonyl (C=O) groups excluding carboxylic acids is 1. The number of anilines is 1. The van der Waals surface area contributed by atoms with Crippen molar-refractivity contribution in [1.82, 2.24) is 24.8 Å².